The molecule has 4 nitrogen and oxygen atoms in total. The number of sulfonamides is 1. The third kappa shape index (κ3) is 3.17. The molecule has 0 radical (unpaired) electrons. The van der Waals surface area contributed by atoms with Crippen molar-refractivity contribution in [2.24, 2.45) is 11.7 Å². The van der Waals surface area contributed by atoms with Crippen LogP contribution in [-0.2, 0) is 10.0 Å². The summed E-state index contributed by atoms with van der Waals surface area (Å²) in [6.45, 7) is 4.77. The maximum Gasteiger partial charge on any atom is 0.243 e. The van der Waals surface area contributed by atoms with Crippen molar-refractivity contribution in [2.45, 2.75) is 37.6 Å². The first-order valence-corrected chi connectivity index (χ1v) is 8.66. The van der Waals surface area contributed by atoms with Gasteiger partial charge in [0, 0.05) is 24.2 Å². The van der Waals surface area contributed by atoms with Gasteiger partial charge in [-0.1, -0.05) is 11.6 Å². The van der Waals surface area contributed by atoms with E-state index < -0.39 is 10.0 Å². The van der Waals surface area contributed by atoms with Gasteiger partial charge in [0.1, 0.15) is 0 Å². The van der Waals surface area contributed by atoms with Crippen molar-refractivity contribution in [3.05, 3.63) is 28.8 Å². The first kappa shape index (κ1) is 15.8. The summed E-state index contributed by atoms with van der Waals surface area (Å²) in [7, 11) is -3.46. The van der Waals surface area contributed by atoms with Gasteiger partial charge in [-0.05, 0) is 56.4 Å². The van der Waals surface area contributed by atoms with Crippen LogP contribution >= 0.6 is 11.6 Å². The van der Waals surface area contributed by atoms with E-state index in [0.29, 0.717) is 28.6 Å². The molecule has 0 aromatic heterocycles. The standard InChI is InChI=1S/C14H21ClN2O2S/c1-10-8-13(15)5-6-14(10)20(18,19)17-7-3-4-12(9-17)11(2)16/h5-6,8,11-12H,3-4,7,9,16H2,1-2H3/t11-,12-/m0/s1. The molecule has 0 unspecified atom stereocenters. The monoisotopic (exact) mass is 316 g/mol. The molecular weight excluding hydrogens is 296 g/mol. The summed E-state index contributed by atoms with van der Waals surface area (Å²) in [5.41, 5.74) is 6.60. The van der Waals surface area contributed by atoms with Gasteiger partial charge >= 0.3 is 0 Å². The molecule has 0 saturated carbocycles. The first-order chi connectivity index (χ1) is 9.32. The predicted molar refractivity (Wildman–Crippen MR) is 81.3 cm³/mol. The van der Waals surface area contributed by atoms with E-state index >= 15 is 0 Å². The second kappa shape index (κ2) is 6.02. The lowest BCUT2D eigenvalue weighted by Crippen LogP contribution is -2.45. The molecule has 1 aliphatic heterocycles. The Balaban J connectivity index is 2.30. The SMILES string of the molecule is Cc1cc(Cl)ccc1S(=O)(=O)N1CCC[C@H]([C@H](C)N)C1. The second-order valence-electron chi connectivity index (χ2n) is 5.53. The maximum atomic E-state index is 12.7. The topological polar surface area (TPSA) is 63.4 Å². The van der Waals surface area contributed by atoms with Crippen molar-refractivity contribution in [3.8, 4) is 0 Å². The van der Waals surface area contributed by atoms with Crippen molar-refractivity contribution in [1.82, 2.24) is 4.31 Å². The number of piperidine rings is 1. The Hall–Kier alpha value is -0.620. The van der Waals surface area contributed by atoms with Crippen LogP contribution in [-0.4, -0.2) is 31.9 Å². The number of hydrogen-bond acceptors (Lipinski definition) is 3. The van der Waals surface area contributed by atoms with Gasteiger partial charge < -0.3 is 5.73 Å². The Labute approximate surface area is 126 Å². The van der Waals surface area contributed by atoms with Crippen LogP contribution in [0.25, 0.3) is 0 Å². The quantitative estimate of drug-likeness (QED) is 0.931. The number of hydrogen-bond donors (Lipinski definition) is 1. The Morgan fingerprint density at radius 2 is 2.15 bits per heavy atom. The summed E-state index contributed by atoms with van der Waals surface area (Å²) in [4.78, 5) is 0.340. The molecule has 1 aromatic carbocycles. The summed E-state index contributed by atoms with van der Waals surface area (Å²) >= 11 is 5.89. The van der Waals surface area contributed by atoms with Crippen LogP contribution in [0, 0.1) is 12.8 Å². The van der Waals surface area contributed by atoms with E-state index in [1.54, 1.807) is 29.4 Å². The number of nitrogens with two attached hydrogens (primary N) is 1. The fourth-order valence-electron chi connectivity index (χ4n) is 2.66. The minimum absolute atomic E-state index is 0.0133. The van der Waals surface area contributed by atoms with Gasteiger partial charge in [0.15, 0.2) is 0 Å². The van der Waals surface area contributed by atoms with Gasteiger partial charge in [-0.2, -0.15) is 4.31 Å². The summed E-state index contributed by atoms with van der Waals surface area (Å²) in [6, 6.07) is 4.90. The van der Waals surface area contributed by atoms with Crippen LogP contribution in [0.15, 0.2) is 23.1 Å². The number of nitrogens with zero attached hydrogens (tertiary/aromatic N) is 1. The van der Waals surface area contributed by atoms with Gasteiger partial charge in [-0.3, -0.25) is 0 Å². The van der Waals surface area contributed by atoms with Crippen molar-refractivity contribution >= 4 is 21.6 Å². The zero-order valence-electron chi connectivity index (χ0n) is 11.8. The van der Waals surface area contributed by atoms with E-state index in [1.807, 2.05) is 6.92 Å². The van der Waals surface area contributed by atoms with Gasteiger partial charge in [-0.15, -0.1) is 0 Å². The zero-order valence-corrected chi connectivity index (χ0v) is 13.4. The molecule has 0 spiro atoms. The second-order valence-corrected chi connectivity index (χ2v) is 7.88. The predicted octanol–water partition coefficient (Wildman–Crippen LogP) is 2.40. The molecule has 1 heterocycles. The highest BCUT2D eigenvalue weighted by Gasteiger charge is 2.32. The number of aryl methyl sites for hydroxylation is 1. The van der Waals surface area contributed by atoms with Crippen LogP contribution in [0.2, 0.25) is 5.02 Å². The first-order valence-electron chi connectivity index (χ1n) is 6.84. The largest absolute Gasteiger partial charge is 0.328 e. The molecule has 2 N–H and O–H groups in total. The third-order valence-electron chi connectivity index (χ3n) is 3.92. The number of benzene rings is 1. The number of rotatable bonds is 3. The van der Waals surface area contributed by atoms with Crippen molar-refractivity contribution < 1.29 is 8.42 Å². The molecule has 1 aliphatic rings. The average molecular weight is 317 g/mol. The highest BCUT2D eigenvalue weighted by Crippen LogP contribution is 2.27. The lowest BCUT2D eigenvalue weighted by molar-refractivity contribution is 0.243. The summed E-state index contributed by atoms with van der Waals surface area (Å²) in [5, 5.41) is 0.550. The van der Waals surface area contributed by atoms with Crippen LogP contribution in [0.1, 0.15) is 25.3 Å². The molecule has 1 aromatic rings. The Morgan fingerprint density at radius 3 is 2.75 bits per heavy atom. The summed E-state index contributed by atoms with van der Waals surface area (Å²) in [5.74, 6) is 0.228. The molecular formula is C14H21ClN2O2S. The van der Waals surface area contributed by atoms with E-state index in [0.717, 1.165) is 12.8 Å². The van der Waals surface area contributed by atoms with Crippen LogP contribution in [0.3, 0.4) is 0 Å². The summed E-state index contributed by atoms with van der Waals surface area (Å²) in [6.07, 6.45) is 1.85. The minimum Gasteiger partial charge on any atom is -0.328 e. The Bertz CT molecular complexity index is 587. The van der Waals surface area contributed by atoms with E-state index in [9.17, 15) is 8.42 Å². The van der Waals surface area contributed by atoms with Crippen LogP contribution < -0.4 is 5.73 Å². The van der Waals surface area contributed by atoms with Crippen LogP contribution in [0.4, 0.5) is 0 Å². The Kier molecular flexibility index (Phi) is 4.74. The zero-order chi connectivity index (χ0) is 14.9. The summed E-state index contributed by atoms with van der Waals surface area (Å²) < 4.78 is 27.0. The van der Waals surface area contributed by atoms with Crippen molar-refractivity contribution in [1.29, 1.82) is 0 Å². The molecule has 1 saturated heterocycles. The van der Waals surface area contributed by atoms with Gasteiger partial charge in [0.05, 0.1) is 4.90 Å². The fraction of sp³-hybridized carbons (Fsp3) is 0.571. The highest BCUT2D eigenvalue weighted by molar-refractivity contribution is 7.89. The molecule has 20 heavy (non-hydrogen) atoms. The van der Waals surface area contributed by atoms with Gasteiger partial charge in [0.25, 0.3) is 0 Å². The van der Waals surface area contributed by atoms with E-state index in [4.69, 9.17) is 17.3 Å². The van der Waals surface area contributed by atoms with E-state index in [-0.39, 0.29) is 12.0 Å². The Morgan fingerprint density at radius 1 is 1.45 bits per heavy atom. The molecule has 0 amide bonds. The molecule has 2 atom stereocenters. The molecule has 0 bridgehead atoms. The normalized spacial score (nSPS) is 22.7. The maximum absolute atomic E-state index is 12.7. The van der Waals surface area contributed by atoms with Gasteiger partial charge in [0.2, 0.25) is 10.0 Å². The average Bonchev–Trinajstić information content (AvgIpc) is 2.38. The van der Waals surface area contributed by atoms with E-state index in [1.165, 1.54) is 0 Å². The molecule has 0 aliphatic carbocycles. The van der Waals surface area contributed by atoms with Crippen molar-refractivity contribution in [3.63, 3.8) is 0 Å². The molecule has 1 fully saturated rings. The van der Waals surface area contributed by atoms with Gasteiger partial charge in [-0.25, -0.2) is 8.42 Å². The van der Waals surface area contributed by atoms with Crippen LogP contribution in [0.5, 0.6) is 0 Å². The lowest BCUT2D eigenvalue weighted by Gasteiger charge is -2.34. The highest BCUT2D eigenvalue weighted by atomic mass is 35.5. The molecule has 112 valence electrons. The molecule has 2 rings (SSSR count). The van der Waals surface area contributed by atoms with Crippen molar-refractivity contribution in [2.75, 3.05) is 13.1 Å². The lowest BCUT2D eigenvalue weighted by atomic mass is 9.93. The minimum atomic E-state index is -3.46. The molecule has 6 heteroatoms. The fourth-order valence-corrected chi connectivity index (χ4v) is 4.63. The smallest absolute Gasteiger partial charge is 0.243 e. The van der Waals surface area contributed by atoms with E-state index in [2.05, 4.69) is 0 Å². The third-order valence-corrected chi connectivity index (χ3v) is 6.18. The number of halogens is 1.